The number of aryl methyl sites for hydroxylation is 1. The van der Waals surface area contributed by atoms with Crippen molar-refractivity contribution in [1.29, 1.82) is 0 Å². The Morgan fingerprint density at radius 2 is 1.58 bits per heavy atom. The maximum absolute atomic E-state index is 10.4. The molecule has 0 bridgehead atoms. The van der Waals surface area contributed by atoms with Crippen LogP contribution in [0.5, 0.6) is 0 Å². The van der Waals surface area contributed by atoms with Gasteiger partial charge in [-0.1, -0.05) is 55.3 Å². The molecule has 1 aliphatic rings. The number of fused-ring (bicyclic) bond motifs is 3. The predicted octanol–water partition coefficient (Wildman–Crippen LogP) is 5.94. The molecule has 0 aromatic heterocycles. The molecule has 0 saturated heterocycles. The van der Waals surface area contributed by atoms with E-state index < -0.39 is 10.1 Å². The maximum atomic E-state index is 10.4. The SMILES string of the molecule is CCCC[N+]1=C(C)C(C)(C)c2c1ccc1ccccc21.Cc1ccc(S(=O)(=O)[O-])cc1. The molecule has 0 spiro atoms. The van der Waals surface area contributed by atoms with Crippen LogP contribution in [0.15, 0.2) is 65.6 Å². The standard InChI is InChI=1S/C19H24N.C7H8O3S/c1-5-6-13-20-14(2)19(3,4)18-16-10-8-7-9-15(16)11-12-17(18)20;1-6-2-4-7(5-3-6)11(8,9)10/h7-12H,5-6,13H2,1-4H3;2-5H,1H3,(H,8,9,10)/q+1;/p-1. The van der Waals surface area contributed by atoms with Gasteiger partial charge in [-0.3, -0.25) is 0 Å². The van der Waals surface area contributed by atoms with Crippen LogP contribution < -0.4 is 0 Å². The summed E-state index contributed by atoms with van der Waals surface area (Å²) in [4.78, 5) is -0.178. The van der Waals surface area contributed by atoms with E-state index in [1.54, 1.807) is 12.1 Å². The molecule has 3 aromatic carbocycles. The van der Waals surface area contributed by atoms with Crippen LogP contribution in [0.1, 0.15) is 51.7 Å². The molecule has 0 N–H and O–H groups in total. The smallest absolute Gasteiger partial charge is 0.210 e. The Labute approximate surface area is 186 Å². The van der Waals surface area contributed by atoms with Crippen molar-refractivity contribution < 1.29 is 17.5 Å². The zero-order valence-electron chi connectivity index (χ0n) is 19.0. The summed E-state index contributed by atoms with van der Waals surface area (Å²) in [5.41, 5.74) is 5.46. The molecule has 31 heavy (non-hydrogen) atoms. The molecule has 1 heterocycles. The van der Waals surface area contributed by atoms with Crippen molar-refractivity contribution in [3.63, 3.8) is 0 Å². The molecule has 4 nitrogen and oxygen atoms in total. The normalized spacial score (nSPS) is 14.9. The van der Waals surface area contributed by atoms with Crippen molar-refractivity contribution in [2.45, 2.75) is 57.8 Å². The molecule has 0 radical (unpaired) electrons. The van der Waals surface area contributed by atoms with E-state index in [-0.39, 0.29) is 10.3 Å². The molecule has 0 unspecified atom stereocenters. The Bertz CT molecular complexity index is 1220. The fraction of sp³-hybridized carbons (Fsp3) is 0.346. The number of benzene rings is 3. The summed E-state index contributed by atoms with van der Waals surface area (Å²) in [6.07, 6.45) is 2.49. The number of unbranched alkanes of at least 4 members (excludes halogenated alkanes) is 1. The van der Waals surface area contributed by atoms with E-state index in [1.165, 1.54) is 52.7 Å². The molecule has 0 saturated carbocycles. The van der Waals surface area contributed by atoms with E-state index in [0.29, 0.717) is 0 Å². The van der Waals surface area contributed by atoms with Gasteiger partial charge in [0, 0.05) is 25.0 Å². The Balaban J connectivity index is 0.000000210. The van der Waals surface area contributed by atoms with Gasteiger partial charge in [-0.2, -0.15) is 4.58 Å². The third kappa shape index (κ3) is 4.73. The van der Waals surface area contributed by atoms with Gasteiger partial charge in [0.05, 0.1) is 10.3 Å². The van der Waals surface area contributed by atoms with Gasteiger partial charge in [-0.15, -0.1) is 0 Å². The molecule has 0 fully saturated rings. The van der Waals surface area contributed by atoms with E-state index in [0.717, 1.165) is 12.1 Å². The van der Waals surface area contributed by atoms with Crippen molar-refractivity contribution in [3.05, 3.63) is 71.8 Å². The lowest BCUT2D eigenvalue weighted by Gasteiger charge is -2.17. The molecule has 5 heteroatoms. The van der Waals surface area contributed by atoms with Gasteiger partial charge < -0.3 is 4.55 Å². The zero-order valence-corrected chi connectivity index (χ0v) is 19.8. The van der Waals surface area contributed by atoms with Crippen LogP contribution in [-0.4, -0.2) is 29.8 Å². The van der Waals surface area contributed by atoms with Crippen LogP contribution in [0.2, 0.25) is 0 Å². The molecule has 4 rings (SSSR count). The average Bonchev–Trinajstić information content (AvgIpc) is 2.92. The first-order valence-corrected chi connectivity index (χ1v) is 12.1. The van der Waals surface area contributed by atoms with Crippen LogP contribution >= 0.6 is 0 Å². The van der Waals surface area contributed by atoms with E-state index in [2.05, 4.69) is 68.7 Å². The number of hydrogen-bond donors (Lipinski definition) is 0. The van der Waals surface area contributed by atoms with E-state index >= 15 is 0 Å². The molecule has 3 aromatic rings. The van der Waals surface area contributed by atoms with Gasteiger partial charge in [0.25, 0.3) is 0 Å². The van der Waals surface area contributed by atoms with Crippen molar-refractivity contribution in [3.8, 4) is 0 Å². The van der Waals surface area contributed by atoms with Crippen molar-refractivity contribution in [2.75, 3.05) is 6.54 Å². The average molecular weight is 438 g/mol. The molecular formula is C26H31NO3S. The van der Waals surface area contributed by atoms with Gasteiger partial charge in [0.2, 0.25) is 5.69 Å². The number of hydrogen-bond acceptors (Lipinski definition) is 3. The lowest BCUT2D eigenvalue weighted by molar-refractivity contribution is -0.439. The maximum Gasteiger partial charge on any atom is 0.210 e. The molecular weight excluding hydrogens is 406 g/mol. The third-order valence-corrected chi connectivity index (χ3v) is 7.03. The van der Waals surface area contributed by atoms with E-state index in [4.69, 9.17) is 0 Å². The quantitative estimate of drug-likeness (QED) is 0.375. The predicted molar refractivity (Wildman–Crippen MR) is 126 cm³/mol. The second kappa shape index (κ2) is 8.93. The van der Waals surface area contributed by atoms with Gasteiger partial charge in [0.15, 0.2) is 5.71 Å². The van der Waals surface area contributed by atoms with Crippen molar-refractivity contribution in [1.82, 2.24) is 0 Å². The second-order valence-electron chi connectivity index (χ2n) is 8.66. The molecule has 0 amide bonds. The summed E-state index contributed by atoms with van der Waals surface area (Å²) in [5.74, 6) is 0. The highest BCUT2D eigenvalue weighted by atomic mass is 32.2. The monoisotopic (exact) mass is 437 g/mol. The summed E-state index contributed by atoms with van der Waals surface area (Å²) in [5, 5.41) is 2.76. The highest BCUT2D eigenvalue weighted by molar-refractivity contribution is 7.85. The van der Waals surface area contributed by atoms with Crippen LogP contribution in [0.25, 0.3) is 10.8 Å². The summed E-state index contributed by atoms with van der Waals surface area (Å²) in [7, 11) is -4.27. The largest absolute Gasteiger partial charge is 0.744 e. The summed E-state index contributed by atoms with van der Waals surface area (Å²) >= 11 is 0. The van der Waals surface area contributed by atoms with Crippen molar-refractivity contribution >= 4 is 32.3 Å². The molecule has 0 atom stereocenters. The first kappa shape index (κ1) is 23.2. The minimum absolute atomic E-state index is 0.129. The first-order valence-electron chi connectivity index (χ1n) is 10.7. The Hall–Kier alpha value is -2.50. The summed E-state index contributed by atoms with van der Waals surface area (Å²) in [6, 6.07) is 19.1. The fourth-order valence-electron chi connectivity index (χ4n) is 4.15. The highest BCUT2D eigenvalue weighted by Crippen LogP contribution is 2.43. The van der Waals surface area contributed by atoms with Crippen LogP contribution in [0, 0.1) is 6.92 Å². The molecule has 1 aliphatic heterocycles. The zero-order chi connectivity index (χ0) is 22.8. The fourth-order valence-corrected chi connectivity index (χ4v) is 4.62. The van der Waals surface area contributed by atoms with Crippen molar-refractivity contribution in [2.24, 2.45) is 0 Å². The van der Waals surface area contributed by atoms with E-state index in [1.807, 2.05) is 6.92 Å². The Kier molecular flexibility index (Phi) is 6.68. The van der Waals surface area contributed by atoms with E-state index in [9.17, 15) is 13.0 Å². The van der Waals surface area contributed by atoms with Gasteiger partial charge >= 0.3 is 0 Å². The van der Waals surface area contributed by atoms with Gasteiger partial charge in [0.1, 0.15) is 16.7 Å². The van der Waals surface area contributed by atoms with Crippen LogP contribution in [0.3, 0.4) is 0 Å². The number of nitrogens with zero attached hydrogens (tertiary/aromatic N) is 1. The minimum atomic E-state index is -4.27. The lowest BCUT2D eigenvalue weighted by atomic mass is 9.80. The van der Waals surface area contributed by atoms with Crippen LogP contribution in [0.4, 0.5) is 5.69 Å². The second-order valence-corrected chi connectivity index (χ2v) is 10.0. The number of rotatable bonds is 4. The highest BCUT2D eigenvalue weighted by Gasteiger charge is 2.43. The van der Waals surface area contributed by atoms with Gasteiger partial charge in [-0.25, -0.2) is 8.42 Å². The van der Waals surface area contributed by atoms with Gasteiger partial charge in [-0.05, 0) is 49.7 Å². The first-order chi connectivity index (χ1) is 14.6. The minimum Gasteiger partial charge on any atom is -0.744 e. The molecule has 0 aliphatic carbocycles. The topological polar surface area (TPSA) is 60.2 Å². The lowest BCUT2D eigenvalue weighted by Crippen LogP contribution is -2.26. The molecule has 164 valence electrons. The van der Waals surface area contributed by atoms with Crippen LogP contribution in [-0.2, 0) is 15.5 Å². The summed E-state index contributed by atoms with van der Waals surface area (Å²) < 4.78 is 33.7. The Morgan fingerprint density at radius 3 is 2.19 bits per heavy atom. The summed E-state index contributed by atoms with van der Waals surface area (Å²) in [6.45, 7) is 12.2. The third-order valence-electron chi connectivity index (χ3n) is 6.18. The Morgan fingerprint density at radius 1 is 0.935 bits per heavy atom.